The molecule has 38 heavy (non-hydrogen) atoms. The van der Waals surface area contributed by atoms with Gasteiger partial charge in [-0.05, 0) is 138 Å². The van der Waals surface area contributed by atoms with E-state index in [0.717, 1.165) is 44.8 Å². The lowest BCUT2D eigenvalue weighted by Gasteiger charge is -2.60. The smallest absolute Gasteiger partial charge is 0.166 e. The van der Waals surface area contributed by atoms with Crippen LogP contribution in [0, 0.1) is 13.1 Å². The molecule has 1 saturated heterocycles. The van der Waals surface area contributed by atoms with Crippen molar-refractivity contribution in [1.29, 1.82) is 0 Å². The Balaban J connectivity index is 1.34. The Morgan fingerprint density at radius 2 is 1.74 bits per heavy atom. The van der Waals surface area contributed by atoms with E-state index < -0.39 is 0 Å². The lowest BCUT2D eigenvalue weighted by atomic mass is 9.51. The molecule has 0 aromatic heterocycles. The topological polar surface area (TPSA) is 39.2 Å². The molecule has 194 valence electrons. The molecule has 1 fully saturated rings. The van der Waals surface area contributed by atoms with Gasteiger partial charge in [-0.3, -0.25) is 0 Å². The number of piperidine rings is 1. The van der Waals surface area contributed by atoms with Crippen molar-refractivity contribution in [1.82, 2.24) is 4.90 Å². The molecule has 3 aromatic carbocycles. The number of likely N-dealkylation sites (tertiary alicyclic amines) is 1. The zero-order valence-electron chi connectivity index (χ0n) is 21.2. The number of hydrogen-bond donors (Lipinski definition) is 1. The van der Waals surface area contributed by atoms with E-state index in [4.69, 9.17) is 4.74 Å². The predicted octanol–water partition coefficient (Wildman–Crippen LogP) is 6.12. The summed E-state index contributed by atoms with van der Waals surface area (Å²) in [6, 6.07) is 22.2. The number of fused-ring (bicyclic) bond motifs is 1. The molecule has 2 bridgehead atoms. The van der Waals surface area contributed by atoms with Crippen LogP contribution >= 0.6 is 45.2 Å². The van der Waals surface area contributed by atoms with E-state index in [9.17, 15) is 5.11 Å². The SMILES string of the molecule is CN1CC[C@]23c4c5ccc(O)c4OC2C2=C(C[C@H]3[C@H]1C5)CN(c1cccc(I)c1)CN2c1cccc(I)c1. The summed E-state index contributed by atoms with van der Waals surface area (Å²) in [5.41, 5.74) is 7.88. The number of nitrogens with zero attached hydrogens (tertiary/aromatic N) is 3. The van der Waals surface area contributed by atoms with Gasteiger partial charge in [0.25, 0.3) is 0 Å². The van der Waals surface area contributed by atoms with Gasteiger partial charge in [-0.1, -0.05) is 18.2 Å². The third-order valence-corrected chi connectivity index (χ3v) is 11.1. The number of benzene rings is 3. The van der Waals surface area contributed by atoms with E-state index >= 15 is 0 Å². The van der Waals surface area contributed by atoms with Gasteiger partial charge in [0.15, 0.2) is 11.5 Å². The highest BCUT2D eigenvalue weighted by molar-refractivity contribution is 14.1. The van der Waals surface area contributed by atoms with Crippen molar-refractivity contribution in [2.75, 3.05) is 36.6 Å². The van der Waals surface area contributed by atoms with Crippen LogP contribution in [0.15, 0.2) is 71.9 Å². The van der Waals surface area contributed by atoms with Crippen LogP contribution in [-0.2, 0) is 11.8 Å². The molecule has 0 radical (unpaired) electrons. The zero-order valence-corrected chi connectivity index (χ0v) is 25.5. The van der Waals surface area contributed by atoms with Gasteiger partial charge in [-0.15, -0.1) is 0 Å². The van der Waals surface area contributed by atoms with Crippen molar-refractivity contribution in [2.24, 2.45) is 5.92 Å². The number of likely N-dealkylation sites (N-methyl/N-ethyl adjacent to an activating group) is 1. The number of ether oxygens (including phenoxy) is 1. The molecular formula is C31H29I2N3O2. The summed E-state index contributed by atoms with van der Waals surface area (Å²) in [5, 5.41) is 11.0. The summed E-state index contributed by atoms with van der Waals surface area (Å²) in [5.74, 6) is 1.52. The van der Waals surface area contributed by atoms with Gasteiger partial charge in [-0.2, -0.15) is 0 Å². The van der Waals surface area contributed by atoms with Gasteiger partial charge < -0.3 is 24.5 Å². The highest BCUT2D eigenvalue weighted by Crippen LogP contribution is 2.65. The standard InChI is InChI=1S/C31H29I2N3O2/c1-34-11-10-31-24-12-19-16-35(22-6-2-4-20(32)14-22)17-36(23-7-3-5-21(33)15-23)28(19)30(31)38-29-26(37)9-8-18(27(29)31)13-25(24)34/h2-9,14-15,24-25,30,37H,10-13,16-17H2,1H3/t24-,25+,30?,31-/m0/s1. The number of hydrogen-bond acceptors (Lipinski definition) is 5. The van der Waals surface area contributed by atoms with E-state index in [2.05, 4.69) is 122 Å². The van der Waals surface area contributed by atoms with Crippen molar-refractivity contribution in [3.05, 3.63) is 90.2 Å². The summed E-state index contributed by atoms with van der Waals surface area (Å²) in [7, 11) is 2.30. The minimum atomic E-state index is -0.0812. The first-order valence-electron chi connectivity index (χ1n) is 13.4. The van der Waals surface area contributed by atoms with Crippen molar-refractivity contribution < 1.29 is 9.84 Å². The van der Waals surface area contributed by atoms with Gasteiger partial charge in [0.1, 0.15) is 6.10 Å². The largest absolute Gasteiger partial charge is 0.504 e. The van der Waals surface area contributed by atoms with Gasteiger partial charge in [-0.25, -0.2) is 0 Å². The number of phenols is 1. The molecule has 1 spiro atoms. The van der Waals surface area contributed by atoms with Crippen LogP contribution in [0.3, 0.4) is 0 Å². The van der Waals surface area contributed by atoms with E-state index in [1.54, 1.807) is 0 Å². The number of anilines is 2. The van der Waals surface area contributed by atoms with E-state index in [-0.39, 0.29) is 11.5 Å². The van der Waals surface area contributed by atoms with Gasteiger partial charge in [0.05, 0.1) is 12.4 Å². The van der Waals surface area contributed by atoms with Gasteiger partial charge >= 0.3 is 0 Å². The molecule has 3 heterocycles. The molecule has 0 saturated carbocycles. The molecule has 1 unspecified atom stereocenters. The molecule has 0 amide bonds. The lowest BCUT2D eigenvalue weighted by Crippen LogP contribution is -2.66. The van der Waals surface area contributed by atoms with Crippen molar-refractivity contribution in [3.63, 3.8) is 0 Å². The Bertz CT molecular complexity index is 1520. The number of rotatable bonds is 2. The van der Waals surface area contributed by atoms with Crippen LogP contribution in [0.2, 0.25) is 0 Å². The molecule has 1 N–H and O–H groups in total. The van der Waals surface area contributed by atoms with Crippen molar-refractivity contribution >= 4 is 56.6 Å². The maximum Gasteiger partial charge on any atom is 0.166 e. The summed E-state index contributed by atoms with van der Waals surface area (Å²) in [6.45, 7) is 2.75. The number of aromatic hydroxyl groups is 1. The van der Waals surface area contributed by atoms with Crippen LogP contribution in [0.1, 0.15) is 24.0 Å². The Kier molecular flexibility index (Phi) is 5.34. The zero-order chi connectivity index (χ0) is 25.8. The summed E-state index contributed by atoms with van der Waals surface area (Å²) in [4.78, 5) is 7.62. The highest BCUT2D eigenvalue weighted by atomic mass is 127. The fourth-order valence-electron chi connectivity index (χ4n) is 8.18. The Morgan fingerprint density at radius 3 is 2.53 bits per heavy atom. The average Bonchev–Trinajstić information content (AvgIpc) is 3.26. The fourth-order valence-corrected chi connectivity index (χ4v) is 9.23. The van der Waals surface area contributed by atoms with E-state index in [1.807, 2.05) is 6.07 Å². The third-order valence-electron chi connectivity index (χ3n) is 9.75. The summed E-state index contributed by atoms with van der Waals surface area (Å²) in [6.07, 6.45) is 3.09. The second kappa shape index (κ2) is 8.51. The molecule has 5 nitrogen and oxygen atoms in total. The van der Waals surface area contributed by atoms with Crippen LogP contribution in [0.25, 0.3) is 0 Å². The monoisotopic (exact) mass is 729 g/mol. The molecule has 4 atom stereocenters. The Hall–Kier alpha value is -1.98. The molecular weight excluding hydrogens is 700 g/mol. The maximum absolute atomic E-state index is 11.0. The van der Waals surface area contributed by atoms with Crippen molar-refractivity contribution in [3.8, 4) is 11.5 Å². The fraction of sp³-hybridized carbons (Fsp3) is 0.355. The van der Waals surface area contributed by atoms with Gasteiger partial charge in [0.2, 0.25) is 0 Å². The minimum absolute atomic E-state index is 0.0780. The van der Waals surface area contributed by atoms with Crippen LogP contribution in [0.4, 0.5) is 11.4 Å². The van der Waals surface area contributed by atoms with Crippen molar-refractivity contribution in [2.45, 2.75) is 36.8 Å². The second-order valence-electron chi connectivity index (χ2n) is 11.5. The normalized spacial score (nSPS) is 29.2. The Morgan fingerprint density at radius 1 is 0.974 bits per heavy atom. The average molecular weight is 729 g/mol. The molecule has 7 heteroatoms. The highest BCUT2D eigenvalue weighted by Gasteiger charge is 2.66. The predicted molar refractivity (Wildman–Crippen MR) is 167 cm³/mol. The molecule has 3 aliphatic heterocycles. The van der Waals surface area contributed by atoms with E-state index in [1.165, 1.54) is 40.9 Å². The molecule has 8 rings (SSSR count). The summed E-state index contributed by atoms with van der Waals surface area (Å²) < 4.78 is 9.45. The molecule has 2 aliphatic carbocycles. The quantitative estimate of drug-likeness (QED) is 0.323. The maximum atomic E-state index is 11.0. The van der Waals surface area contributed by atoms with E-state index in [0.29, 0.717) is 17.7 Å². The Labute approximate surface area is 250 Å². The third kappa shape index (κ3) is 3.24. The molecule has 3 aromatic rings. The first-order valence-corrected chi connectivity index (χ1v) is 15.6. The first-order chi connectivity index (χ1) is 18.4. The minimum Gasteiger partial charge on any atom is -0.504 e. The molecule has 5 aliphatic rings. The second-order valence-corrected chi connectivity index (χ2v) is 14.0. The van der Waals surface area contributed by atoms with Crippen LogP contribution in [0.5, 0.6) is 11.5 Å². The van der Waals surface area contributed by atoms with Gasteiger partial charge in [0, 0.05) is 42.1 Å². The number of halogens is 2. The first kappa shape index (κ1) is 23.9. The van der Waals surface area contributed by atoms with Crippen LogP contribution < -0.4 is 14.5 Å². The summed E-state index contributed by atoms with van der Waals surface area (Å²) >= 11 is 4.84. The number of phenolic OH excluding ortho intramolecular Hbond substituents is 1. The van der Waals surface area contributed by atoms with Crippen LogP contribution in [-0.4, -0.2) is 49.0 Å². The lowest BCUT2D eigenvalue weighted by molar-refractivity contribution is -0.0126.